The van der Waals surface area contributed by atoms with Crippen LogP contribution in [0.15, 0.2) is 89.1 Å². The predicted molar refractivity (Wildman–Crippen MR) is 150 cm³/mol. The molecule has 1 N–H and O–H groups in total. The van der Waals surface area contributed by atoms with E-state index in [4.69, 9.17) is 0 Å². The van der Waals surface area contributed by atoms with Gasteiger partial charge in [0, 0.05) is 28.9 Å². The average molecular weight is 529 g/mol. The molecule has 0 radical (unpaired) electrons. The molecule has 0 spiro atoms. The highest BCUT2D eigenvalue weighted by atomic mass is 32.2. The summed E-state index contributed by atoms with van der Waals surface area (Å²) >= 11 is 1.25. The summed E-state index contributed by atoms with van der Waals surface area (Å²) in [6, 6.07) is 24.1. The molecule has 10 heteroatoms. The molecule has 3 aromatic carbocycles. The number of carbonyl (C=O) groups excluding carboxylic acids is 1. The van der Waals surface area contributed by atoms with E-state index in [2.05, 4.69) is 53.6 Å². The fourth-order valence-electron chi connectivity index (χ4n) is 3.70. The molecule has 0 bridgehead atoms. The third-order valence-corrected chi connectivity index (χ3v) is 6.74. The second kappa shape index (κ2) is 11.4. The number of hydrazone groups is 1. The van der Waals surface area contributed by atoms with Crippen LogP contribution in [0.25, 0.3) is 17.1 Å². The van der Waals surface area contributed by atoms with Crippen LogP contribution in [0.5, 0.6) is 0 Å². The topological polar surface area (TPSA) is 115 Å². The highest BCUT2D eigenvalue weighted by molar-refractivity contribution is 7.99. The number of benzene rings is 3. The molecule has 1 amide bonds. The van der Waals surface area contributed by atoms with Gasteiger partial charge in [-0.15, -0.1) is 10.2 Å². The van der Waals surface area contributed by atoms with E-state index < -0.39 is 4.92 Å². The highest BCUT2D eigenvalue weighted by Crippen LogP contribution is 2.30. The van der Waals surface area contributed by atoms with Crippen LogP contribution in [0.2, 0.25) is 0 Å². The van der Waals surface area contributed by atoms with Gasteiger partial charge in [0.2, 0.25) is 0 Å². The number of nitro groups is 1. The SMILES string of the molecule is C/C(=N/NC(=O)CSc1nnc(-c2ccc(C(C)(C)C)cc2)n1-c1ccccc1)c1cccc([N+](=O)[O-])c1. The number of aromatic nitrogens is 3. The molecule has 0 saturated heterocycles. The summed E-state index contributed by atoms with van der Waals surface area (Å²) in [5, 5.41) is 24.5. The standard InChI is InChI=1S/C28H28N6O3S/c1-19(21-9-8-12-24(17-21)34(36)37)29-30-25(35)18-38-27-32-31-26(33(27)23-10-6-5-7-11-23)20-13-15-22(16-14-20)28(2,3)4/h5-17H,18H2,1-4H3,(H,30,35)/b29-19-. The van der Waals surface area contributed by atoms with Gasteiger partial charge >= 0.3 is 0 Å². The number of amides is 1. The number of rotatable bonds is 8. The summed E-state index contributed by atoms with van der Waals surface area (Å²) in [5.41, 5.74) is 6.56. The minimum absolute atomic E-state index is 0.0378. The third-order valence-electron chi connectivity index (χ3n) is 5.81. The van der Waals surface area contributed by atoms with E-state index >= 15 is 0 Å². The van der Waals surface area contributed by atoms with Gasteiger partial charge in [-0.25, -0.2) is 5.43 Å². The smallest absolute Gasteiger partial charge is 0.270 e. The minimum Gasteiger partial charge on any atom is -0.272 e. The maximum atomic E-state index is 12.6. The maximum Gasteiger partial charge on any atom is 0.270 e. The predicted octanol–water partition coefficient (Wildman–Crippen LogP) is 5.77. The van der Waals surface area contributed by atoms with Crippen molar-refractivity contribution in [2.45, 2.75) is 38.3 Å². The Morgan fingerprint density at radius 2 is 1.74 bits per heavy atom. The molecule has 0 aliphatic carbocycles. The summed E-state index contributed by atoms with van der Waals surface area (Å²) < 4.78 is 1.93. The number of hydrogen-bond donors (Lipinski definition) is 1. The number of nitrogens with zero attached hydrogens (tertiary/aromatic N) is 5. The summed E-state index contributed by atoms with van der Waals surface area (Å²) in [4.78, 5) is 23.1. The lowest BCUT2D eigenvalue weighted by Gasteiger charge is -2.19. The molecular formula is C28H28N6O3S. The van der Waals surface area contributed by atoms with E-state index in [0.29, 0.717) is 22.3 Å². The molecule has 0 aliphatic rings. The molecule has 0 saturated carbocycles. The quantitative estimate of drug-likeness (QED) is 0.134. The minimum atomic E-state index is -0.470. The number of non-ortho nitro benzene ring substituents is 1. The molecule has 38 heavy (non-hydrogen) atoms. The Hall–Kier alpha value is -4.31. The lowest BCUT2D eigenvalue weighted by molar-refractivity contribution is -0.384. The summed E-state index contributed by atoms with van der Waals surface area (Å²) in [6.07, 6.45) is 0. The van der Waals surface area contributed by atoms with Crippen LogP contribution < -0.4 is 5.43 Å². The van der Waals surface area contributed by atoms with Crippen LogP contribution in [0, 0.1) is 10.1 Å². The van der Waals surface area contributed by atoms with Crippen molar-refractivity contribution < 1.29 is 9.72 Å². The van der Waals surface area contributed by atoms with Gasteiger partial charge in [-0.05, 0) is 30.0 Å². The molecular weight excluding hydrogens is 500 g/mol. The first-order chi connectivity index (χ1) is 18.1. The number of thioether (sulfide) groups is 1. The Labute approximate surface area is 225 Å². The van der Waals surface area contributed by atoms with Crippen LogP contribution in [-0.4, -0.2) is 37.1 Å². The molecule has 1 aromatic heterocycles. The average Bonchev–Trinajstić information content (AvgIpc) is 3.34. The molecule has 1 heterocycles. The van der Waals surface area contributed by atoms with E-state index in [1.165, 1.54) is 29.5 Å². The Bertz CT molecular complexity index is 1470. The Balaban J connectivity index is 1.52. The number of nitro benzene ring substituents is 1. The van der Waals surface area contributed by atoms with E-state index in [1.807, 2.05) is 47.0 Å². The summed E-state index contributed by atoms with van der Waals surface area (Å²) in [7, 11) is 0. The highest BCUT2D eigenvalue weighted by Gasteiger charge is 2.19. The number of carbonyl (C=O) groups is 1. The molecule has 0 aliphatic heterocycles. The molecule has 4 aromatic rings. The number of hydrogen-bond acceptors (Lipinski definition) is 7. The van der Waals surface area contributed by atoms with E-state index in [-0.39, 0.29) is 22.8 Å². The van der Waals surface area contributed by atoms with Gasteiger partial charge in [0.1, 0.15) is 0 Å². The van der Waals surface area contributed by atoms with Crippen LogP contribution in [0.1, 0.15) is 38.8 Å². The van der Waals surface area contributed by atoms with Crippen molar-refractivity contribution in [1.29, 1.82) is 0 Å². The van der Waals surface area contributed by atoms with Gasteiger partial charge in [0.15, 0.2) is 11.0 Å². The van der Waals surface area contributed by atoms with Gasteiger partial charge < -0.3 is 0 Å². The van der Waals surface area contributed by atoms with Gasteiger partial charge in [0.25, 0.3) is 11.6 Å². The zero-order valence-corrected chi connectivity index (χ0v) is 22.4. The largest absolute Gasteiger partial charge is 0.272 e. The monoisotopic (exact) mass is 528 g/mol. The Morgan fingerprint density at radius 3 is 2.39 bits per heavy atom. The maximum absolute atomic E-state index is 12.6. The van der Waals surface area contributed by atoms with E-state index in [0.717, 1.165) is 11.3 Å². The normalized spacial score (nSPS) is 11.8. The first kappa shape index (κ1) is 26.7. The van der Waals surface area contributed by atoms with Crippen LogP contribution in [0.3, 0.4) is 0 Å². The zero-order chi connectivity index (χ0) is 27.3. The molecule has 0 fully saturated rings. The van der Waals surface area contributed by atoms with E-state index in [1.54, 1.807) is 19.1 Å². The van der Waals surface area contributed by atoms with Gasteiger partial charge in [0.05, 0.1) is 16.4 Å². The van der Waals surface area contributed by atoms with E-state index in [9.17, 15) is 14.9 Å². The van der Waals surface area contributed by atoms with Crippen molar-refractivity contribution in [3.8, 4) is 17.1 Å². The molecule has 194 valence electrons. The van der Waals surface area contributed by atoms with Crippen molar-refractivity contribution in [1.82, 2.24) is 20.2 Å². The lowest BCUT2D eigenvalue weighted by atomic mass is 9.87. The first-order valence-electron chi connectivity index (χ1n) is 12.0. The number of nitrogens with one attached hydrogen (secondary N) is 1. The van der Waals surface area contributed by atoms with Gasteiger partial charge in [-0.2, -0.15) is 5.10 Å². The fraction of sp³-hybridized carbons (Fsp3) is 0.214. The van der Waals surface area contributed by atoms with Crippen LogP contribution >= 0.6 is 11.8 Å². The summed E-state index contributed by atoms with van der Waals surface area (Å²) in [6.45, 7) is 8.19. The summed E-state index contributed by atoms with van der Waals surface area (Å²) in [5.74, 6) is 0.400. The van der Waals surface area contributed by atoms with Crippen molar-refractivity contribution in [3.05, 3.63) is 100 Å². The number of para-hydroxylation sites is 1. The van der Waals surface area contributed by atoms with Crippen molar-refractivity contribution in [3.63, 3.8) is 0 Å². The zero-order valence-electron chi connectivity index (χ0n) is 21.6. The van der Waals surface area contributed by atoms with Gasteiger partial charge in [-0.1, -0.05) is 87.1 Å². The van der Waals surface area contributed by atoms with Crippen LogP contribution in [0.4, 0.5) is 5.69 Å². The first-order valence-corrected chi connectivity index (χ1v) is 12.9. The second-order valence-corrected chi connectivity index (χ2v) is 10.6. The Morgan fingerprint density at radius 1 is 1.03 bits per heavy atom. The Kier molecular flexibility index (Phi) is 8.02. The lowest BCUT2D eigenvalue weighted by Crippen LogP contribution is -2.21. The molecule has 0 atom stereocenters. The van der Waals surface area contributed by atoms with Gasteiger partial charge in [-0.3, -0.25) is 19.5 Å². The van der Waals surface area contributed by atoms with Crippen molar-refractivity contribution >= 4 is 29.1 Å². The molecule has 0 unspecified atom stereocenters. The molecule has 4 rings (SSSR count). The molecule has 9 nitrogen and oxygen atoms in total. The second-order valence-electron chi connectivity index (χ2n) is 9.63. The fourth-order valence-corrected chi connectivity index (χ4v) is 4.44. The third kappa shape index (κ3) is 6.33. The van der Waals surface area contributed by atoms with Crippen molar-refractivity contribution in [2.75, 3.05) is 5.75 Å². The van der Waals surface area contributed by atoms with Crippen molar-refractivity contribution in [2.24, 2.45) is 5.10 Å². The van der Waals surface area contributed by atoms with Crippen LogP contribution in [-0.2, 0) is 10.2 Å².